The van der Waals surface area contributed by atoms with Crippen molar-refractivity contribution in [1.29, 1.82) is 0 Å². The molecule has 0 fully saturated rings. The fourth-order valence-electron chi connectivity index (χ4n) is 1.70. The number of rotatable bonds is 5. The van der Waals surface area contributed by atoms with Crippen molar-refractivity contribution in [1.82, 2.24) is 4.98 Å². The molecule has 110 valence electrons. The van der Waals surface area contributed by atoms with Gasteiger partial charge in [-0.2, -0.15) is 0 Å². The van der Waals surface area contributed by atoms with Crippen LogP contribution < -0.4 is 15.8 Å². The molecule has 0 aliphatic carbocycles. The van der Waals surface area contributed by atoms with E-state index < -0.39 is 5.97 Å². The SMILES string of the molecule is COc1ccc(C(=O)O)cc1NC(=O)Cc1csc(N)n1. The van der Waals surface area contributed by atoms with Crippen molar-refractivity contribution >= 4 is 34.0 Å². The summed E-state index contributed by atoms with van der Waals surface area (Å²) < 4.78 is 5.09. The molecule has 7 nitrogen and oxygen atoms in total. The maximum atomic E-state index is 12.0. The molecule has 0 saturated heterocycles. The number of carboxylic acids is 1. The summed E-state index contributed by atoms with van der Waals surface area (Å²) in [6, 6.07) is 4.23. The van der Waals surface area contributed by atoms with Crippen molar-refractivity contribution in [2.75, 3.05) is 18.2 Å². The molecule has 1 heterocycles. The summed E-state index contributed by atoms with van der Waals surface area (Å²) in [5.74, 6) is -1.03. The van der Waals surface area contributed by atoms with Crippen molar-refractivity contribution in [3.8, 4) is 5.75 Å². The largest absolute Gasteiger partial charge is 0.495 e. The van der Waals surface area contributed by atoms with Crippen molar-refractivity contribution in [2.45, 2.75) is 6.42 Å². The Kier molecular flexibility index (Phi) is 4.39. The van der Waals surface area contributed by atoms with Crippen LogP contribution in [0.5, 0.6) is 5.75 Å². The second-order valence-corrected chi connectivity index (χ2v) is 5.01. The Hall–Kier alpha value is -2.61. The van der Waals surface area contributed by atoms with E-state index in [1.807, 2.05) is 0 Å². The highest BCUT2D eigenvalue weighted by molar-refractivity contribution is 7.13. The van der Waals surface area contributed by atoms with Crippen LogP contribution in [0.2, 0.25) is 0 Å². The van der Waals surface area contributed by atoms with Gasteiger partial charge in [-0.15, -0.1) is 11.3 Å². The molecule has 0 bridgehead atoms. The van der Waals surface area contributed by atoms with Crippen LogP contribution in [0.1, 0.15) is 16.1 Å². The van der Waals surface area contributed by atoms with E-state index in [2.05, 4.69) is 10.3 Å². The van der Waals surface area contributed by atoms with Crippen LogP contribution >= 0.6 is 11.3 Å². The highest BCUT2D eigenvalue weighted by atomic mass is 32.1. The van der Waals surface area contributed by atoms with Crippen LogP contribution in [-0.2, 0) is 11.2 Å². The minimum atomic E-state index is -1.08. The lowest BCUT2D eigenvalue weighted by Crippen LogP contribution is -2.15. The van der Waals surface area contributed by atoms with Gasteiger partial charge in [0, 0.05) is 5.38 Å². The third kappa shape index (κ3) is 3.69. The van der Waals surface area contributed by atoms with E-state index >= 15 is 0 Å². The first-order valence-corrected chi connectivity index (χ1v) is 6.78. The summed E-state index contributed by atoms with van der Waals surface area (Å²) >= 11 is 1.25. The first-order valence-electron chi connectivity index (χ1n) is 5.90. The van der Waals surface area contributed by atoms with Gasteiger partial charge in [-0.3, -0.25) is 4.79 Å². The number of aromatic carboxylic acids is 1. The molecule has 0 spiro atoms. The number of thiazole rings is 1. The first kappa shape index (κ1) is 14.8. The maximum absolute atomic E-state index is 12.0. The quantitative estimate of drug-likeness (QED) is 0.773. The fourth-order valence-corrected chi connectivity index (χ4v) is 2.26. The summed E-state index contributed by atoms with van der Waals surface area (Å²) in [7, 11) is 1.44. The zero-order chi connectivity index (χ0) is 15.4. The number of carbonyl (C=O) groups is 2. The van der Waals surface area contributed by atoms with Gasteiger partial charge in [0.15, 0.2) is 5.13 Å². The average Bonchev–Trinajstić information content (AvgIpc) is 2.83. The van der Waals surface area contributed by atoms with Crippen molar-refractivity contribution in [2.24, 2.45) is 0 Å². The Balaban J connectivity index is 2.15. The number of nitrogens with two attached hydrogens (primary N) is 1. The molecule has 0 saturated carbocycles. The summed E-state index contributed by atoms with van der Waals surface area (Å²) in [6.07, 6.45) is 0.0498. The molecule has 0 unspecified atom stereocenters. The predicted molar refractivity (Wildman–Crippen MR) is 78.8 cm³/mol. The highest BCUT2D eigenvalue weighted by Crippen LogP contribution is 2.25. The van der Waals surface area contributed by atoms with E-state index in [4.69, 9.17) is 15.6 Å². The van der Waals surface area contributed by atoms with Crippen LogP contribution in [0.3, 0.4) is 0 Å². The third-order valence-electron chi connectivity index (χ3n) is 2.63. The number of nitrogens with one attached hydrogen (secondary N) is 1. The molecule has 0 aliphatic rings. The van der Waals surface area contributed by atoms with E-state index in [0.29, 0.717) is 22.3 Å². The van der Waals surface area contributed by atoms with E-state index in [-0.39, 0.29) is 17.9 Å². The van der Waals surface area contributed by atoms with E-state index in [1.165, 1.54) is 36.6 Å². The van der Waals surface area contributed by atoms with Gasteiger partial charge in [0.25, 0.3) is 0 Å². The molecule has 8 heteroatoms. The van der Waals surface area contributed by atoms with Gasteiger partial charge < -0.3 is 20.9 Å². The van der Waals surface area contributed by atoms with E-state index in [1.54, 1.807) is 5.38 Å². The zero-order valence-corrected chi connectivity index (χ0v) is 11.9. The molecule has 0 radical (unpaired) electrons. The number of carbonyl (C=O) groups excluding carboxylic acids is 1. The van der Waals surface area contributed by atoms with Gasteiger partial charge in [0.05, 0.1) is 30.5 Å². The molecule has 1 aromatic heterocycles. The number of ether oxygens (including phenoxy) is 1. The zero-order valence-electron chi connectivity index (χ0n) is 11.1. The number of methoxy groups -OCH3 is 1. The summed E-state index contributed by atoms with van der Waals surface area (Å²) in [5, 5.41) is 13.7. The number of aromatic nitrogens is 1. The van der Waals surface area contributed by atoms with Gasteiger partial charge in [-0.25, -0.2) is 9.78 Å². The van der Waals surface area contributed by atoms with Crippen LogP contribution in [0, 0.1) is 0 Å². The van der Waals surface area contributed by atoms with Crippen LogP contribution in [0.15, 0.2) is 23.6 Å². The Bertz CT molecular complexity index is 684. The highest BCUT2D eigenvalue weighted by Gasteiger charge is 2.13. The number of nitrogen functional groups attached to an aromatic ring is 1. The number of amides is 1. The number of hydrogen-bond donors (Lipinski definition) is 3. The monoisotopic (exact) mass is 307 g/mol. The number of nitrogens with zero attached hydrogens (tertiary/aromatic N) is 1. The summed E-state index contributed by atoms with van der Waals surface area (Å²) in [4.78, 5) is 26.9. The predicted octanol–water partition coefficient (Wildman–Crippen LogP) is 1.61. The van der Waals surface area contributed by atoms with Crippen molar-refractivity contribution in [3.05, 3.63) is 34.8 Å². The first-order chi connectivity index (χ1) is 9.99. The average molecular weight is 307 g/mol. The molecule has 1 amide bonds. The van der Waals surface area contributed by atoms with Gasteiger partial charge in [-0.1, -0.05) is 0 Å². The number of hydrogen-bond acceptors (Lipinski definition) is 6. The molecule has 21 heavy (non-hydrogen) atoms. The molecule has 0 aliphatic heterocycles. The Morgan fingerprint density at radius 2 is 2.24 bits per heavy atom. The second kappa shape index (κ2) is 6.23. The number of anilines is 2. The second-order valence-electron chi connectivity index (χ2n) is 4.12. The van der Waals surface area contributed by atoms with Crippen molar-refractivity contribution in [3.63, 3.8) is 0 Å². The van der Waals surface area contributed by atoms with E-state index in [9.17, 15) is 9.59 Å². The van der Waals surface area contributed by atoms with Gasteiger partial charge >= 0.3 is 5.97 Å². The Morgan fingerprint density at radius 3 is 2.81 bits per heavy atom. The lowest BCUT2D eigenvalue weighted by molar-refractivity contribution is -0.115. The summed E-state index contributed by atoms with van der Waals surface area (Å²) in [6.45, 7) is 0. The fraction of sp³-hybridized carbons (Fsp3) is 0.154. The lowest BCUT2D eigenvalue weighted by atomic mass is 10.2. The Labute approximate surface area is 124 Å². The van der Waals surface area contributed by atoms with Gasteiger partial charge in [-0.05, 0) is 18.2 Å². The number of carboxylic acid groups (broad SMARTS) is 1. The van der Waals surface area contributed by atoms with E-state index in [0.717, 1.165) is 0 Å². The topological polar surface area (TPSA) is 115 Å². The maximum Gasteiger partial charge on any atom is 0.335 e. The van der Waals surface area contributed by atoms with Crippen LogP contribution in [0.25, 0.3) is 0 Å². The molecular weight excluding hydrogens is 294 g/mol. The molecule has 4 N–H and O–H groups in total. The molecular formula is C13H13N3O4S. The minimum Gasteiger partial charge on any atom is -0.495 e. The minimum absolute atomic E-state index is 0.0498. The molecule has 2 rings (SSSR count). The smallest absolute Gasteiger partial charge is 0.335 e. The van der Waals surface area contributed by atoms with Crippen LogP contribution in [0.4, 0.5) is 10.8 Å². The third-order valence-corrected chi connectivity index (χ3v) is 3.35. The van der Waals surface area contributed by atoms with Crippen molar-refractivity contribution < 1.29 is 19.4 Å². The Morgan fingerprint density at radius 1 is 1.48 bits per heavy atom. The molecule has 2 aromatic rings. The lowest BCUT2D eigenvalue weighted by Gasteiger charge is -2.10. The number of benzene rings is 1. The molecule has 0 atom stereocenters. The standard InChI is InChI=1S/C13H13N3O4S/c1-20-10-3-2-7(12(18)19)4-9(10)16-11(17)5-8-6-21-13(14)15-8/h2-4,6H,5H2,1H3,(H2,14,15)(H,16,17)(H,18,19). The van der Waals surface area contributed by atoms with Gasteiger partial charge in [0.1, 0.15) is 5.75 Å². The summed E-state index contributed by atoms with van der Waals surface area (Å²) in [5.41, 5.74) is 6.41. The van der Waals surface area contributed by atoms with Gasteiger partial charge in [0.2, 0.25) is 5.91 Å². The molecule has 1 aromatic carbocycles. The van der Waals surface area contributed by atoms with Crippen LogP contribution in [-0.4, -0.2) is 29.1 Å². The normalized spacial score (nSPS) is 10.1.